The third kappa shape index (κ3) is 3.27. The predicted octanol–water partition coefficient (Wildman–Crippen LogP) is 3.24. The number of nitrogens with one attached hydrogen (secondary N) is 1. The van der Waals surface area contributed by atoms with Gasteiger partial charge in [0.1, 0.15) is 5.75 Å². The molecule has 176 valence electrons. The molecule has 1 saturated heterocycles. The zero-order valence-corrected chi connectivity index (χ0v) is 19.3. The van der Waals surface area contributed by atoms with E-state index in [2.05, 4.69) is 19.2 Å². The smallest absolute Gasteiger partial charge is 0.222 e. The largest absolute Gasteiger partial charge is 0.496 e. The standard InChI is InChI=1S/C25H35NO6/c1-24(2)15-11-17-22(16-12-19-20(13-18(16)29-3)31-9-4-8-30-19)32-10-6-25(17,14-15)23(24)26-21(28)5-7-27/h12-13,15,17,22-23,27H,4-11,14H2,1-3H3,(H,26,28)/t15-,17-,22-,23-,25-/m1/s1. The van der Waals surface area contributed by atoms with Crippen LogP contribution in [0.25, 0.3) is 0 Å². The van der Waals surface area contributed by atoms with Gasteiger partial charge in [-0.1, -0.05) is 13.8 Å². The molecule has 3 fully saturated rings. The summed E-state index contributed by atoms with van der Waals surface area (Å²) >= 11 is 0. The summed E-state index contributed by atoms with van der Waals surface area (Å²) in [6.45, 7) is 6.35. The van der Waals surface area contributed by atoms with Gasteiger partial charge in [0.25, 0.3) is 0 Å². The Morgan fingerprint density at radius 1 is 1.22 bits per heavy atom. The highest BCUT2D eigenvalue weighted by Crippen LogP contribution is 2.71. The van der Waals surface area contributed by atoms with Crippen LogP contribution in [-0.2, 0) is 9.53 Å². The summed E-state index contributed by atoms with van der Waals surface area (Å²) in [5.41, 5.74) is 1.00. The molecule has 2 bridgehead atoms. The number of rotatable bonds is 5. The summed E-state index contributed by atoms with van der Waals surface area (Å²) in [5.74, 6) is 2.96. The van der Waals surface area contributed by atoms with E-state index in [1.165, 1.54) is 0 Å². The SMILES string of the molecule is COc1cc2c(cc1[C@H]1OCC[C@@]34C[C@@H](C[C@H]13)C(C)(C)[C@H]4NC(=O)CCO)OCCCO2. The van der Waals surface area contributed by atoms with Gasteiger partial charge in [0.15, 0.2) is 11.5 Å². The lowest BCUT2D eigenvalue weighted by molar-refractivity contribution is -0.138. The summed E-state index contributed by atoms with van der Waals surface area (Å²) in [6, 6.07) is 4.04. The zero-order valence-electron chi connectivity index (χ0n) is 19.3. The molecule has 7 nitrogen and oxygen atoms in total. The van der Waals surface area contributed by atoms with E-state index in [1.54, 1.807) is 7.11 Å². The lowest BCUT2D eigenvalue weighted by Crippen LogP contribution is -2.59. The first-order valence-electron chi connectivity index (χ1n) is 11.9. The van der Waals surface area contributed by atoms with Crippen LogP contribution >= 0.6 is 0 Å². The van der Waals surface area contributed by atoms with Crippen molar-refractivity contribution in [1.82, 2.24) is 5.32 Å². The maximum Gasteiger partial charge on any atom is 0.222 e. The fourth-order valence-corrected chi connectivity index (χ4v) is 7.03. The van der Waals surface area contributed by atoms with E-state index in [0.717, 1.165) is 48.5 Å². The van der Waals surface area contributed by atoms with Gasteiger partial charge < -0.3 is 29.4 Å². The monoisotopic (exact) mass is 445 g/mol. The number of amides is 1. The molecule has 0 aromatic heterocycles. The number of carbonyl (C=O) groups is 1. The minimum Gasteiger partial charge on any atom is -0.496 e. The number of methoxy groups -OCH3 is 1. The average molecular weight is 446 g/mol. The summed E-state index contributed by atoms with van der Waals surface area (Å²) in [5, 5.41) is 12.6. The quantitative estimate of drug-likeness (QED) is 0.724. The van der Waals surface area contributed by atoms with Crippen molar-refractivity contribution in [3.63, 3.8) is 0 Å². The first-order valence-corrected chi connectivity index (χ1v) is 11.9. The molecule has 2 aliphatic heterocycles. The molecule has 1 spiro atoms. The Morgan fingerprint density at radius 3 is 2.69 bits per heavy atom. The maximum absolute atomic E-state index is 12.5. The molecule has 0 radical (unpaired) electrons. The van der Waals surface area contributed by atoms with Crippen LogP contribution in [0.2, 0.25) is 0 Å². The number of aliphatic hydroxyl groups excluding tert-OH is 1. The summed E-state index contributed by atoms with van der Waals surface area (Å²) < 4.78 is 24.0. The van der Waals surface area contributed by atoms with Gasteiger partial charge >= 0.3 is 0 Å². The van der Waals surface area contributed by atoms with Gasteiger partial charge in [-0.3, -0.25) is 4.79 Å². The van der Waals surface area contributed by atoms with E-state index in [9.17, 15) is 9.90 Å². The van der Waals surface area contributed by atoms with Crippen LogP contribution in [-0.4, -0.2) is 50.6 Å². The molecular formula is C25H35NO6. The normalized spacial score (nSPS) is 34.5. The van der Waals surface area contributed by atoms with E-state index >= 15 is 0 Å². The van der Waals surface area contributed by atoms with Crippen molar-refractivity contribution in [2.24, 2.45) is 22.7 Å². The molecule has 2 N–H and O–H groups in total. The topological polar surface area (TPSA) is 86.3 Å². The molecule has 1 aromatic carbocycles. The molecule has 2 saturated carbocycles. The Bertz CT molecular complexity index is 885. The molecule has 1 aromatic rings. The second kappa shape index (κ2) is 8.10. The van der Waals surface area contributed by atoms with E-state index in [0.29, 0.717) is 25.7 Å². The molecular weight excluding hydrogens is 410 g/mol. The van der Waals surface area contributed by atoms with Crippen molar-refractivity contribution >= 4 is 5.91 Å². The third-order valence-corrected chi connectivity index (χ3v) is 8.56. The highest BCUT2D eigenvalue weighted by atomic mass is 16.5. The summed E-state index contributed by atoms with van der Waals surface area (Å²) in [6.07, 6.45) is 3.99. The summed E-state index contributed by atoms with van der Waals surface area (Å²) in [4.78, 5) is 12.5. The van der Waals surface area contributed by atoms with Crippen molar-refractivity contribution < 1.29 is 28.8 Å². The molecule has 1 amide bonds. The molecule has 7 heteroatoms. The zero-order chi connectivity index (χ0) is 22.5. The van der Waals surface area contributed by atoms with Crippen molar-refractivity contribution in [3.05, 3.63) is 17.7 Å². The van der Waals surface area contributed by atoms with Crippen LogP contribution < -0.4 is 19.5 Å². The number of hydrogen-bond donors (Lipinski definition) is 2. The number of hydrogen-bond acceptors (Lipinski definition) is 6. The minimum atomic E-state index is -0.126. The van der Waals surface area contributed by atoms with Crippen LogP contribution in [0.15, 0.2) is 12.1 Å². The van der Waals surface area contributed by atoms with Gasteiger partial charge in [-0.15, -0.1) is 0 Å². The molecule has 4 aliphatic rings. The second-order valence-corrected chi connectivity index (χ2v) is 10.4. The molecule has 5 rings (SSSR count). The van der Waals surface area contributed by atoms with Crippen molar-refractivity contribution in [1.29, 1.82) is 0 Å². The van der Waals surface area contributed by atoms with Crippen molar-refractivity contribution in [3.8, 4) is 17.2 Å². The van der Waals surface area contributed by atoms with Crippen LogP contribution in [0.3, 0.4) is 0 Å². The Morgan fingerprint density at radius 2 is 1.97 bits per heavy atom. The molecule has 5 atom stereocenters. The van der Waals surface area contributed by atoms with Gasteiger partial charge in [-0.2, -0.15) is 0 Å². The van der Waals surface area contributed by atoms with E-state index < -0.39 is 0 Å². The Labute approximate surface area is 189 Å². The van der Waals surface area contributed by atoms with Gasteiger partial charge in [0, 0.05) is 37.1 Å². The fourth-order valence-electron chi connectivity index (χ4n) is 7.03. The number of benzene rings is 1. The van der Waals surface area contributed by atoms with E-state index in [-0.39, 0.29) is 47.8 Å². The molecule has 2 heterocycles. The lowest BCUT2D eigenvalue weighted by atomic mass is 9.58. The highest BCUT2D eigenvalue weighted by Gasteiger charge is 2.68. The fraction of sp³-hybridized carbons (Fsp3) is 0.720. The van der Waals surface area contributed by atoms with E-state index in [4.69, 9.17) is 18.9 Å². The lowest BCUT2D eigenvalue weighted by Gasteiger charge is -2.53. The molecule has 0 unspecified atom stereocenters. The average Bonchev–Trinajstić information content (AvgIpc) is 3.14. The number of fused-ring (bicyclic) bond motifs is 2. The van der Waals surface area contributed by atoms with Crippen molar-refractivity contribution in [2.45, 2.75) is 58.1 Å². The second-order valence-electron chi connectivity index (χ2n) is 10.4. The highest BCUT2D eigenvalue weighted by molar-refractivity contribution is 5.76. The summed E-state index contributed by atoms with van der Waals surface area (Å²) in [7, 11) is 1.68. The number of ether oxygens (including phenoxy) is 4. The van der Waals surface area contributed by atoms with Crippen LogP contribution in [0.4, 0.5) is 0 Å². The first kappa shape index (κ1) is 21.8. The predicted molar refractivity (Wildman–Crippen MR) is 118 cm³/mol. The number of carbonyl (C=O) groups excluding carboxylic acids is 1. The minimum absolute atomic E-state index is 0.0122. The van der Waals surface area contributed by atoms with Crippen LogP contribution in [0.1, 0.15) is 57.6 Å². The van der Waals surface area contributed by atoms with Crippen LogP contribution in [0.5, 0.6) is 17.2 Å². The van der Waals surface area contributed by atoms with Gasteiger partial charge in [-0.25, -0.2) is 0 Å². The number of aliphatic hydroxyl groups is 1. The molecule has 2 aliphatic carbocycles. The van der Waals surface area contributed by atoms with Crippen LogP contribution in [0, 0.1) is 22.7 Å². The van der Waals surface area contributed by atoms with Gasteiger partial charge in [-0.05, 0) is 48.0 Å². The molecule has 32 heavy (non-hydrogen) atoms. The Kier molecular flexibility index (Phi) is 5.53. The third-order valence-electron chi connectivity index (χ3n) is 8.56. The maximum atomic E-state index is 12.5. The van der Waals surface area contributed by atoms with E-state index in [1.807, 2.05) is 12.1 Å². The van der Waals surface area contributed by atoms with Gasteiger partial charge in [0.05, 0.1) is 33.0 Å². The van der Waals surface area contributed by atoms with Crippen molar-refractivity contribution in [2.75, 3.05) is 33.5 Å². The Hall–Kier alpha value is -1.99. The van der Waals surface area contributed by atoms with Gasteiger partial charge in [0.2, 0.25) is 5.91 Å². The Balaban J connectivity index is 1.51. The first-order chi connectivity index (χ1) is 15.4.